The molecular formula is C15H18FN3O. The summed E-state index contributed by atoms with van der Waals surface area (Å²) in [5.41, 5.74) is 2.49. The van der Waals surface area contributed by atoms with E-state index in [0.29, 0.717) is 22.6 Å². The number of nitrogens with one attached hydrogen (secondary N) is 2. The zero-order valence-electron chi connectivity index (χ0n) is 12.0. The molecule has 106 valence electrons. The summed E-state index contributed by atoms with van der Waals surface area (Å²) >= 11 is 0. The highest BCUT2D eigenvalue weighted by Gasteiger charge is 2.14. The first-order valence-electron chi connectivity index (χ1n) is 6.48. The van der Waals surface area contributed by atoms with E-state index < -0.39 is 0 Å². The average Bonchev–Trinajstić information content (AvgIpc) is 2.32. The van der Waals surface area contributed by atoms with Crippen LogP contribution in [0.15, 0.2) is 23.0 Å². The van der Waals surface area contributed by atoms with Crippen molar-refractivity contribution in [3.8, 4) is 0 Å². The molecule has 5 heteroatoms. The van der Waals surface area contributed by atoms with Crippen molar-refractivity contribution in [2.24, 2.45) is 0 Å². The largest absolute Gasteiger partial charge is 0.378 e. The van der Waals surface area contributed by atoms with E-state index in [4.69, 9.17) is 0 Å². The Morgan fingerprint density at radius 3 is 2.60 bits per heavy atom. The summed E-state index contributed by atoms with van der Waals surface area (Å²) in [6, 6.07) is 4.58. The van der Waals surface area contributed by atoms with Crippen molar-refractivity contribution < 1.29 is 4.39 Å². The van der Waals surface area contributed by atoms with Crippen LogP contribution >= 0.6 is 0 Å². The number of anilines is 1. The number of hydrogen-bond acceptors (Lipinski definition) is 3. The SMILES string of the molecule is Cc1nc(C)c(C(C)Nc2ccc(F)c(C)c2)c(=O)[nH]1. The van der Waals surface area contributed by atoms with E-state index in [-0.39, 0.29) is 17.4 Å². The molecule has 0 aliphatic heterocycles. The number of aryl methyl sites for hydroxylation is 3. The van der Waals surface area contributed by atoms with Crippen molar-refractivity contribution >= 4 is 5.69 Å². The Bertz CT molecular complexity index is 694. The molecule has 0 aliphatic carbocycles. The highest BCUT2D eigenvalue weighted by molar-refractivity contribution is 5.48. The van der Waals surface area contributed by atoms with E-state index in [9.17, 15) is 9.18 Å². The van der Waals surface area contributed by atoms with E-state index in [1.54, 1.807) is 26.0 Å². The van der Waals surface area contributed by atoms with E-state index >= 15 is 0 Å². The molecule has 4 nitrogen and oxygen atoms in total. The maximum absolute atomic E-state index is 13.2. The van der Waals surface area contributed by atoms with Crippen molar-refractivity contribution in [3.05, 3.63) is 57.0 Å². The molecule has 0 fully saturated rings. The Labute approximate surface area is 117 Å². The van der Waals surface area contributed by atoms with Crippen LogP contribution < -0.4 is 10.9 Å². The number of halogens is 1. The third-order valence-electron chi connectivity index (χ3n) is 3.24. The van der Waals surface area contributed by atoms with E-state index in [0.717, 1.165) is 5.69 Å². The summed E-state index contributed by atoms with van der Waals surface area (Å²) in [5, 5.41) is 3.20. The Balaban J connectivity index is 2.30. The predicted molar refractivity (Wildman–Crippen MR) is 77.5 cm³/mol. The molecule has 1 atom stereocenters. The minimum absolute atomic E-state index is 0.145. The standard InChI is InChI=1S/C15H18FN3O/c1-8-7-12(5-6-13(8)16)18-10(3)14-9(2)17-11(4)19-15(14)20/h5-7,10,18H,1-4H3,(H,17,19,20). The molecule has 0 aliphatic rings. The molecule has 0 saturated heterocycles. The van der Waals surface area contributed by atoms with Crippen molar-refractivity contribution in [2.45, 2.75) is 33.7 Å². The topological polar surface area (TPSA) is 57.8 Å². The van der Waals surface area contributed by atoms with E-state index in [1.807, 2.05) is 13.8 Å². The fourth-order valence-electron chi connectivity index (χ4n) is 2.30. The first-order valence-corrected chi connectivity index (χ1v) is 6.48. The molecule has 1 unspecified atom stereocenters. The lowest BCUT2D eigenvalue weighted by molar-refractivity contribution is 0.618. The van der Waals surface area contributed by atoms with Crippen LogP contribution in [-0.4, -0.2) is 9.97 Å². The zero-order chi connectivity index (χ0) is 14.9. The third kappa shape index (κ3) is 2.87. The van der Waals surface area contributed by atoms with Crippen LogP contribution in [0, 0.1) is 26.6 Å². The predicted octanol–water partition coefficient (Wildman–Crippen LogP) is 3.01. The molecule has 1 heterocycles. The number of benzene rings is 1. The number of H-pyrrole nitrogens is 1. The molecule has 0 bridgehead atoms. The minimum atomic E-state index is -0.241. The van der Waals surface area contributed by atoms with Gasteiger partial charge in [0.25, 0.3) is 5.56 Å². The van der Waals surface area contributed by atoms with Crippen LogP contribution in [0.5, 0.6) is 0 Å². The maximum Gasteiger partial charge on any atom is 0.256 e. The molecule has 0 radical (unpaired) electrons. The average molecular weight is 275 g/mol. The van der Waals surface area contributed by atoms with Crippen LogP contribution in [0.4, 0.5) is 10.1 Å². The minimum Gasteiger partial charge on any atom is -0.378 e. The lowest BCUT2D eigenvalue weighted by atomic mass is 10.1. The Morgan fingerprint density at radius 1 is 1.30 bits per heavy atom. The van der Waals surface area contributed by atoms with Gasteiger partial charge in [-0.05, 0) is 51.5 Å². The van der Waals surface area contributed by atoms with Gasteiger partial charge in [-0.1, -0.05) is 0 Å². The monoisotopic (exact) mass is 275 g/mol. The summed E-state index contributed by atoms with van der Waals surface area (Å²) in [6.45, 7) is 7.15. The first kappa shape index (κ1) is 14.2. The zero-order valence-corrected chi connectivity index (χ0v) is 12.0. The summed E-state index contributed by atoms with van der Waals surface area (Å²) in [5.74, 6) is 0.357. The smallest absolute Gasteiger partial charge is 0.256 e. The van der Waals surface area contributed by atoms with Crippen molar-refractivity contribution in [1.29, 1.82) is 0 Å². The van der Waals surface area contributed by atoms with Crippen molar-refractivity contribution in [1.82, 2.24) is 9.97 Å². The Morgan fingerprint density at radius 2 is 2.00 bits per heavy atom. The summed E-state index contributed by atoms with van der Waals surface area (Å²) in [7, 11) is 0. The van der Waals surface area contributed by atoms with Gasteiger partial charge in [-0.25, -0.2) is 9.37 Å². The van der Waals surface area contributed by atoms with Crippen LogP contribution in [0.3, 0.4) is 0 Å². The first-order chi connectivity index (χ1) is 9.38. The highest BCUT2D eigenvalue weighted by Crippen LogP contribution is 2.20. The van der Waals surface area contributed by atoms with Gasteiger partial charge >= 0.3 is 0 Å². The number of hydrogen-bond donors (Lipinski definition) is 2. The van der Waals surface area contributed by atoms with Gasteiger partial charge in [-0.15, -0.1) is 0 Å². The molecule has 0 amide bonds. The molecule has 0 saturated carbocycles. The molecule has 2 aromatic rings. The Kier molecular flexibility index (Phi) is 3.88. The van der Waals surface area contributed by atoms with E-state index in [2.05, 4.69) is 15.3 Å². The second kappa shape index (κ2) is 5.45. The van der Waals surface area contributed by atoms with Gasteiger partial charge in [0.2, 0.25) is 0 Å². The molecule has 0 spiro atoms. The highest BCUT2D eigenvalue weighted by atomic mass is 19.1. The number of aromatic amines is 1. The fraction of sp³-hybridized carbons (Fsp3) is 0.333. The van der Waals surface area contributed by atoms with Crippen LogP contribution in [0.2, 0.25) is 0 Å². The van der Waals surface area contributed by atoms with Gasteiger partial charge < -0.3 is 10.3 Å². The molecule has 20 heavy (non-hydrogen) atoms. The van der Waals surface area contributed by atoms with Gasteiger partial charge in [0, 0.05) is 5.69 Å². The van der Waals surface area contributed by atoms with Crippen molar-refractivity contribution in [3.63, 3.8) is 0 Å². The van der Waals surface area contributed by atoms with Gasteiger partial charge in [-0.3, -0.25) is 4.79 Å². The fourth-order valence-corrected chi connectivity index (χ4v) is 2.30. The van der Waals surface area contributed by atoms with Gasteiger partial charge in [0.15, 0.2) is 0 Å². The second-order valence-corrected chi connectivity index (χ2v) is 4.98. The molecule has 1 aromatic heterocycles. The molecule has 2 N–H and O–H groups in total. The quantitative estimate of drug-likeness (QED) is 0.905. The molecule has 2 rings (SSSR count). The second-order valence-electron chi connectivity index (χ2n) is 4.98. The van der Waals surface area contributed by atoms with Crippen LogP contribution in [-0.2, 0) is 0 Å². The summed E-state index contributed by atoms with van der Waals surface area (Å²) < 4.78 is 13.2. The summed E-state index contributed by atoms with van der Waals surface area (Å²) in [4.78, 5) is 19.0. The van der Waals surface area contributed by atoms with Crippen molar-refractivity contribution in [2.75, 3.05) is 5.32 Å². The maximum atomic E-state index is 13.2. The molecular weight excluding hydrogens is 257 g/mol. The number of nitrogens with zero attached hydrogens (tertiary/aromatic N) is 1. The van der Waals surface area contributed by atoms with Gasteiger partial charge in [0.05, 0.1) is 17.3 Å². The lowest BCUT2D eigenvalue weighted by Crippen LogP contribution is -2.23. The lowest BCUT2D eigenvalue weighted by Gasteiger charge is -2.17. The number of aromatic nitrogens is 2. The van der Waals surface area contributed by atoms with Crippen LogP contribution in [0.25, 0.3) is 0 Å². The van der Waals surface area contributed by atoms with Gasteiger partial charge in [0.1, 0.15) is 11.6 Å². The van der Waals surface area contributed by atoms with E-state index in [1.165, 1.54) is 6.07 Å². The van der Waals surface area contributed by atoms with Crippen LogP contribution in [0.1, 0.15) is 35.6 Å². The third-order valence-corrected chi connectivity index (χ3v) is 3.24. The van der Waals surface area contributed by atoms with Gasteiger partial charge in [-0.2, -0.15) is 0 Å². The number of rotatable bonds is 3. The summed E-state index contributed by atoms with van der Waals surface area (Å²) in [6.07, 6.45) is 0. The molecule has 1 aromatic carbocycles. The normalized spacial score (nSPS) is 12.2. The Hall–Kier alpha value is -2.17.